The summed E-state index contributed by atoms with van der Waals surface area (Å²) in [5, 5.41) is 22.2. The van der Waals surface area contributed by atoms with Gasteiger partial charge in [-0.3, -0.25) is 4.79 Å². The summed E-state index contributed by atoms with van der Waals surface area (Å²) in [4.78, 5) is 11.5. The van der Waals surface area contributed by atoms with E-state index in [1.807, 2.05) is 0 Å². The number of rotatable bonds is 5. The first-order valence-electron chi connectivity index (χ1n) is 6.90. The second-order valence-corrected chi connectivity index (χ2v) is 6.55. The standard InChI is InChI=1S/C14H27NO3/c1-11(16)4-5-12(17)15-10-14(18)8-6-13(2,3)7-9-14/h11,16,18H,4-10H2,1-3H3,(H,15,17). The van der Waals surface area contributed by atoms with E-state index in [1.165, 1.54) is 0 Å². The Labute approximate surface area is 110 Å². The van der Waals surface area contributed by atoms with Crippen molar-refractivity contribution in [2.75, 3.05) is 6.54 Å². The van der Waals surface area contributed by atoms with E-state index in [0.717, 1.165) is 25.7 Å². The molecule has 0 spiro atoms. The highest BCUT2D eigenvalue weighted by Crippen LogP contribution is 2.39. The summed E-state index contributed by atoms with van der Waals surface area (Å²) in [6.45, 7) is 6.44. The lowest BCUT2D eigenvalue weighted by atomic mass is 9.71. The zero-order valence-electron chi connectivity index (χ0n) is 11.8. The van der Waals surface area contributed by atoms with Gasteiger partial charge in [-0.1, -0.05) is 13.8 Å². The minimum atomic E-state index is -0.740. The van der Waals surface area contributed by atoms with Crippen LogP contribution in [0.1, 0.15) is 59.3 Å². The monoisotopic (exact) mass is 257 g/mol. The number of aliphatic hydroxyl groups excluding tert-OH is 1. The van der Waals surface area contributed by atoms with E-state index >= 15 is 0 Å². The lowest BCUT2D eigenvalue weighted by molar-refractivity contribution is -0.123. The minimum Gasteiger partial charge on any atom is -0.393 e. The zero-order valence-corrected chi connectivity index (χ0v) is 11.8. The van der Waals surface area contributed by atoms with Crippen LogP contribution < -0.4 is 5.32 Å². The summed E-state index contributed by atoms with van der Waals surface area (Å²) >= 11 is 0. The normalized spacial score (nSPS) is 23.4. The number of carbonyl (C=O) groups excluding carboxylic acids is 1. The molecule has 4 nitrogen and oxygen atoms in total. The van der Waals surface area contributed by atoms with E-state index in [0.29, 0.717) is 24.8 Å². The van der Waals surface area contributed by atoms with Gasteiger partial charge in [0.05, 0.1) is 11.7 Å². The second-order valence-electron chi connectivity index (χ2n) is 6.55. The molecule has 0 heterocycles. The van der Waals surface area contributed by atoms with E-state index in [2.05, 4.69) is 19.2 Å². The van der Waals surface area contributed by atoms with Crippen LogP contribution in [0.3, 0.4) is 0 Å². The Morgan fingerprint density at radius 3 is 2.33 bits per heavy atom. The smallest absolute Gasteiger partial charge is 0.220 e. The molecule has 1 saturated carbocycles. The molecule has 1 atom stereocenters. The third-order valence-corrected chi connectivity index (χ3v) is 3.94. The molecule has 0 aromatic carbocycles. The molecule has 0 bridgehead atoms. The van der Waals surface area contributed by atoms with Crippen molar-refractivity contribution >= 4 is 5.91 Å². The summed E-state index contributed by atoms with van der Waals surface area (Å²) in [7, 11) is 0. The van der Waals surface area contributed by atoms with Crippen molar-refractivity contribution in [3.05, 3.63) is 0 Å². The summed E-state index contributed by atoms with van der Waals surface area (Å²) < 4.78 is 0. The number of hydrogen-bond acceptors (Lipinski definition) is 3. The average Bonchev–Trinajstić information content (AvgIpc) is 2.29. The molecule has 3 N–H and O–H groups in total. The molecule has 1 aliphatic carbocycles. The third-order valence-electron chi connectivity index (χ3n) is 3.94. The van der Waals surface area contributed by atoms with Crippen LogP contribution in [0, 0.1) is 5.41 Å². The summed E-state index contributed by atoms with van der Waals surface area (Å²) in [5.74, 6) is -0.0887. The van der Waals surface area contributed by atoms with Crippen molar-refractivity contribution in [2.24, 2.45) is 5.41 Å². The third kappa shape index (κ3) is 5.36. The van der Waals surface area contributed by atoms with Gasteiger partial charge in [0, 0.05) is 13.0 Å². The fourth-order valence-electron chi connectivity index (χ4n) is 2.26. The highest BCUT2D eigenvalue weighted by molar-refractivity contribution is 5.75. The van der Waals surface area contributed by atoms with Crippen molar-refractivity contribution < 1.29 is 15.0 Å². The van der Waals surface area contributed by atoms with Gasteiger partial charge in [0.25, 0.3) is 0 Å². The quantitative estimate of drug-likeness (QED) is 0.700. The largest absolute Gasteiger partial charge is 0.393 e. The van der Waals surface area contributed by atoms with Crippen LogP contribution in [-0.4, -0.2) is 34.4 Å². The molecule has 4 heteroatoms. The molecule has 106 valence electrons. The van der Waals surface area contributed by atoms with Crippen molar-refractivity contribution in [2.45, 2.75) is 71.0 Å². The Morgan fingerprint density at radius 1 is 1.28 bits per heavy atom. The minimum absolute atomic E-state index is 0.0887. The van der Waals surface area contributed by atoms with E-state index in [9.17, 15) is 9.90 Å². The molecule has 1 aliphatic rings. The maximum Gasteiger partial charge on any atom is 0.220 e. The van der Waals surface area contributed by atoms with Gasteiger partial charge in [0.15, 0.2) is 0 Å². The summed E-state index contributed by atoms with van der Waals surface area (Å²) in [6.07, 6.45) is 3.82. The van der Waals surface area contributed by atoms with Crippen molar-refractivity contribution in [3.8, 4) is 0 Å². The first-order chi connectivity index (χ1) is 8.22. The van der Waals surface area contributed by atoms with Crippen LogP contribution in [0.15, 0.2) is 0 Å². The number of amides is 1. The van der Waals surface area contributed by atoms with Gasteiger partial charge in [-0.2, -0.15) is 0 Å². The van der Waals surface area contributed by atoms with Gasteiger partial charge in [-0.25, -0.2) is 0 Å². The van der Waals surface area contributed by atoms with Gasteiger partial charge in [-0.15, -0.1) is 0 Å². The highest BCUT2D eigenvalue weighted by Gasteiger charge is 2.36. The molecule has 1 amide bonds. The second kappa shape index (κ2) is 6.02. The number of hydrogen-bond donors (Lipinski definition) is 3. The lowest BCUT2D eigenvalue weighted by Crippen LogP contribution is -2.46. The predicted molar refractivity (Wildman–Crippen MR) is 71.1 cm³/mol. The number of aliphatic hydroxyl groups is 2. The Kier molecular flexibility index (Phi) is 5.17. The SMILES string of the molecule is CC(O)CCC(=O)NCC1(O)CCC(C)(C)CC1. The van der Waals surface area contributed by atoms with Crippen LogP contribution in [0.25, 0.3) is 0 Å². The molecule has 18 heavy (non-hydrogen) atoms. The summed E-state index contributed by atoms with van der Waals surface area (Å²) in [6, 6.07) is 0. The van der Waals surface area contributed by atoms with Crippen LogP contribution in [-0.2, 0) is 4.79 Å². The first kappa shape index (κ1) is 15.4. The average molecular weight is 257 g/mol. The van der Waals surface area contributed by atoms with Crippen LogP contribution in [0.4, 0.5) is 0 Å². The van der Waals surface area contributed by atoms with Gasteiger partial charge in [-0.05, 0) is 44.4 Å². The fourth-order valence-corrected chi connectivity index (χ4v) is 2.26. The molecule has 1 rings (SSSR count). The molecule has 1 unspecified atom stereocenters. The van der Waals surface area contributed by atoms with Gasteiger partial charge in [0.2, 0.25) is 5.91 Å². The number of carbonyl (C=O) groups is 1. The lowest BCUT2D eigenvalue weighted by Gasteiger charge is -2.40. The van der Waals surface area contributed by atoms with E-state index in [-0.39, 0.29) is 5.91 Å². The van der Waals surface area contributed by atoms with Crippen molar-refractivity contribution in [3.63, 3.8) is 0 Å². The molecule has 0 aromatic heterocycles. The topological polar surface area (TPSA) is 69.6 Å². The van der Waals surface area contributed by atoms with Crippen LogP contribution in [0.2, 0.25) is 0 Å². The summed E-state index contributed by atoms with van der Waals surface area (Å²) in [5.41, 5.74) is -0.432. The van der Waals surface area contributed by atoms with Crippen molar-refractivity contribution in [1.29, 1.82) is 0 Å². The number of nitrogens with one attached hydrogen (secondary N) is 1. The molecule has 0 saturated heterocycles. The van der Waals surface area contributed by atoms with Crippen LogP contribution >= 0.6 is 0 Å². The molecular formula is C14H27NO3. The Bertz CT molecular complexity index is 277. The Hall–Kier alpha value is -0.610. The first-order valence-corrected chi connectivity index (χ1v) is 6.90. The maximum absolute atomic E-state index is 11.5. The Balaban J connectivity index is 2.28. The van der Waals surface area contributed by atoms with E-state index < -0.39 is 11.7 Å². The fraction of sp³-hybridized carbons (Fsp3) is 0.929. The molecule has 1 fully saturated rings. The van der Waals surface area contributed by atoms with Gasteiger partial charge < -0.3 is 15.5 Å². The maximum atomic E-state index is 11.5. The molecule has 0 aromatic rings. The molecule has 0 aliphatic heterocycles. The van der Waals surface area contributed by atoms with Gasteiger partial charge >= 0.3 is 0 Å². The highest BCUT2D eigenvalue weighted by atomic mass is 16.3. The van der Waals surface area contributed by atoms with Gasteiger partial charge in [0.1, 0.15) is 0 Å². The van der Waals surface area contributed by atoms with E-state index in [1.54, 1.807) is 6.92 Å². The molecular weight excluding hydrogens is 230 g/mol. The predicted octanol–water partition coefficient (Wildman–Crippen LogP) is 1.59. The van der Waals surface area contributed by atoms with Crippen molar-refractivity contribution in [1.82, 2.24) is 5.32 Å². The zero-order chi connectivity index (χ0) is 13.8. The van der Waals surface area contributed by atoms with Crippen LogP contribution in [0.5, 0.6) is 0 Å². The molecule has 0 radical (unpaired) electrons. The Morgan fingerprint density at radius 2 is 1.83 bits per heavy atom. The van der Waals surface area contributed by atoms with E-state index in [4.69, 9.17) is 5.11 Å².